The predicted molar refractivity (Wildman–Crippen MR) is 60.0 cm³/mol. The molecule has 72 valence electrons. The van der Waals surface area contributed by atoms with Crippen molar-refractivity contribution in [1.82, 2.24) is 4.98 Å². The smallest absolute Gasteiger partial charge is 0.126 e. The first kappa shape index (κ1) is 10.5. The maximum absolute atomic E-state index is 5.77. The zero-order valence-electron chi connectivity index (χ0n) is 8.05. The number of aromatic nitrogens is 1. The van der Waals surface area contributed by atoms with E-state index in [9.17, 15) is 0 Å². The number of anilines is 1. The Morgan fingerprint density at radius 2 is 2.31 bits per heavy atom. The van der Waals surface area contributed by atoms with Gasteiger partial charge in [-0.15, -0.1) is 0 Å². The lowest BCUT2D eigenvalue weighted by molar-refractivity contribution is 0.662. The Kier molecular flexibility index (Phi) is 3.72. The highest BCUT2D eigenvalue weighted by molar-refractivity contribution is 9.09. The molecule has 0 saturated carbocycles. The molecule has 2 N–H and O–H groups in total. The molecule has 0 aliphatic rings. The van der Waals surface area contributed by atoms with Crippen LogP contribution in [0.25, 0.3) is 0 Å². The molecule has 0 amide bonds. The van der Waals surface area contributed by atoms with Gasteiger partial charge in [-0.3, -0.25) is 0 Å². The Morgan fingerprint density at radius 1 is 1.62 bits per heavy atom. The van der Waals surface area contributed by atoms with Crippen molar-refractivity contribution in [3.05, 3.63) is 23.4 Å². The van der Waals surface area contributed by atoms with Gasteiger partial charge >= 0.3 is 0 Å². The molecule has 1 unspecified atom stereocenters. The van der Waals surface area contributed by atoms with Crippen LogP contribution in [0.2, 0.25) is 0 Å². The van der Waals surface area contributed by atoms with E-state index in [2.05, 4.69) is 33.9 Å². The monoisotopic (exact) mass is 242 g/mol. The van der Waals surface area contributed by atoms with Gasteiger partial charge in [0, 0.05) is 11.5 Å². The van der Waals surface area contributed by atoms with Crippen LogP contribution in [0.15, 0.2) is 12.3 Å². The SMILES string of the molecule is Cc1cnc(N)c(CC(C)CBr)c1. The van der Waals surface area contributed by atoms with Crippen LogP contribution in [0.5, 0.6) is 0 Å². The lowest BCUT2D eigenvalue weighted by Gasteiger charge is -2.09. The van der Waals surface area contributed by atoms with Crippen molar-refractivity contribution in [1.29, 1.82) is 0 Å². The molecule has 0 radical (unpaired) electrons. The van der Waals surface area contributed by atoms with Gasteiger partial charge in [0.25, 0.3) is 0 Å². The van der Waals surface area contributed by atoms with Crippen molar-refractivity contribution in [2.24, 2.45) is 5.92 Å². The highest BCUT2D eigenvalue weighted by Gasteiger charge is 2.05. The number of halogens is 1. The zero-order valence-corrected chi connectivity index (χ0v) is 9.63. The maximum atomic E-state index is 5.77. The molecule has 0 saturated heterocycles. The van der Waals surface area contributed by atoms with Gasteiger partial charge in [0.15, 0.2) is 0 Å². The van der Waals surface area contributed by atoms with Crippen LogP contribution < -0.4 is 5.73 Å². The number of aryl methyl sites for hydroxylation is 1. The van der Waals surface area contributed by atoms with Crippen LogP contribution in [0.4, 0.5) is 5.82 Å². The van der Waals surface area contributed by atoms with Crippen molar-refractivity contribution in [3.63, 3.8) is 0 Å². The summed E-state index contributed by atoms with van der Waals surface area (Å²) in [5.74, 6) is 1.27. The third-order valence-corrected chi connectivity index (χ3v) is 3.08. The van der Waals surface area contributed by atoms with Crippen molar-refractivity contribution >= 4 is 21.7 Å². The Labute approximate surface area is 87.7 Å². The van der Waals surface area contributed by atoms with E-state index in [1.165, 1.54) is 5.56 Å². The van der Waals surface area contributed by atoms with Crippen molar-refractivity contribution in [2.75, 3.05) is 11.1 Å². The van der Waals surface area contributed by atoms with E-state index in [0.717, 1.165) is 17.3 Å². The van der Waals surface area contributed by atoms with Gasteiger partial charge in [-0.25, -0.2) is 4.98 Å². The first-order chi connectivity index (χ1) is 6.13. The Hall–Kier alpha value is -0.570. The number of nitrogens with zero attached hydrogens (tertiary/aromatic N) is 1. The molecule has 0 aliphatic carbocycles. The van der Waals surface area contributed by atoms with E-state index in [-0.39, 0.29) is 0 Å². The Balaban J connectivity index is 2.81. The molecule has 0 bridgehead atoms. The van der Waals surface area contributed by atoms with Crippen LogP contribution in [0.1, 0.15) is 18.1 Å². The minimum Gasteiger partial charge on any atom is -0.383 e. The second-order valence-corrected chi connectivity index (χ2v) is 4.17. The van der Waals surface area contributed by atoms with Gasteiger partial charge in [0.2, 0.25) is 0 Å². The van der Waals surface area contributed by atoms with Crippen LogP contribution >= 0.6 is 15.9 Å². The predicted octanol–water partition coefficient (Wildman–Crippen LogP) is 2.55. The lowest BCUT2D eigenvalue weighted by Crippen LogP contribution is -2.05. The summed E-state index contributed by atoms with van der Waals surface area (Å²) in [7, 11) is 0. The molecule has 0 aliphatic heterocycles. The second-order valence-electron chi connectivity index (χ2n) is 3.52. The molecule has 0 spiro atoms. The zero-order chi connectivity index (χ0) is 9.84. The standard InChI is InChI=1S/C10H15BrN2/c1-7(5-11)3-9-4-8(2)6-13-10(9)12/h4,6-7H,3,5H2,1-2H3,(H2,12,13). The molecule has 13 heavy (non-hydrogen) atoms. The van der Waals surface area contributed by atoms with Crippen molar-refractivity contribution in [3.8, 4) is 0 Å². The largest absolute Gasteiger partial charge is 0.383 e. The molecule has 3 heteroatoms. The van der Waals surface area contributed by atoms with E-state index in [1.807, 2.05) is 6.92 Å². The van der Waals surface area contributed by atoms with Gasteiger partial charge in [-0.05, 0) is 30.4 Å². The summed E-state index contributed by atoms with van der Waals surface area (Å²) in [5, 5.41) is 1.00. The number of rotatable bonds is 3. The Morgan fingerprint density at radius 3 is 2.92 bits per heavy atom. The molecule has 1 atom stereocenters. The third-order valence-electron chi connectivity index (χ3n) is 1.97. The quantitative estimate of drug-likeness (QED) is 0.828. The van der Waals surface area contributed by atoms with Crippen LogP contribution in [-0.4, -0.2) is 10.3 Å². The van der Waals surface area contributed by atoms with Gasteiger partial charge in [-0.2, -0.15) is 0 Å². The molecular formula is C10H15BrN2. The first-order valence-electron chi connectivity index (χ1n) is 4.40. The molecule has 1 aromatic rings. The minimum absolute atomic E-state index is 0.603. The molecule has 1 rings (SSSR count). The maximum Gasteiger partial charge on any atom is 0.126 e. The summed E-state index contributed by atoms with van der Waals surface area (Å²) in [6, 6.07) is 2.11. The molecule has 1 aromatic heterocycles. The third kappa shape index (κ3) is 2.99. The lowest BCUT2D eigenvalue weighted by atomic mass is 10.0. The molecular weight excluding hydrogens is 228 g/mol. The van der Waals surface area contributed by atoms with E-state index >= 15 is 0 Å². The molecule has 2 nitrogen and oxygen atoms in total. The summed E-state index contributed by atoms with van der Waals surface area (Å²) in [5.41, 5.74) is 8.10. The Bertz CT molecular complexity index is 286. The van der Waals surface area contributed by atoms with Gasteiger partial charge in [0.05, 0.1) is 0 Å². The fourth-order valence-corrected chi connectivity index (χ4v) is 1.46. The summed E-state index contributed by atoms with van der Waals surface area (Å²) in [6.07, 6.45) is 2.80. The van der Waals surface area contributed by atoms with E-state index < -0.39 is 0 Å². The minimum atomic E-state index is 0.603. The van der Waals surface area contributed by atoms with Crippen LogP contribution in [0, 0.1) is 12.8 Å². The average molecular weight is 243 g/mol. The number of nitrogen functional groups attached to an aromatic ring is 1. The summed E-state index contributed by atoms with van der Waals surface area (Å²) in [4.78, 5) is 4.13. The summed E-state index contributed by atoms with van der Waals surface area (Å²) in [6.45, 7) is 4.23. The van der Waals surface area contributed by atoms with Gasteiger partial charge < -0.3 is 5.73 Å². The van der Waals surface area contributed by atoms with Gasteiger partial charge in [-0.1, -0.05) is 28.9 Å². The second kappa shape index (κ2) is 4.61. The molecule has 0 aromatic carbocycles. The molecule has 1 heterocycles. The van der Waals surface area contributed by atoms with Crippen LogP contribution in [-0.2, 0) is 6.42 Å². The fraction of sp³-hybridized carbons (Fsp3) is 0.500. The average Bonchev–Trinajstić information content (AvgIpc) is 2.11. The van der Waals surface area contributed by atoms with Gasteiger partial charge in [0.1, 0.15) is 5.82 Å². The fourth-order valence-electron chi connectivity index (χ4n) is 1.23. The first-order valence-corrected chi connectivity index (χ1v) is 5.52. The summed E-state index contributed by atoms with van der Waals surface area (Å²) < 4.78 is 0. The summed E-state index contributed by atoms with van der Waals surface area (Å²) >= 11 is 3.45. The highest BCUT2D eigenvalue weighted by Crippen LogP contribution is 2.16. The van der Waals surface area contributed by atoms with E-state index in [1.54, 1.807) is 6.20 Å². The van der Waals surface area contributed by atoms with Crippen LogP contribution in [0.3, 0.4) is 0 Å². The van der Waals surface area contributed by atoms with Crippen molar-refractivity contribution in [2.45, 2.75) is 20.3 Å². The van der Waals surface area contributed by atoms with E-state index in [4.69, 9.17) is 5.73 Å². The topological polar surface area (TPSA) is 38.9 Å². The number of pyridine rings is 1. The highest BCUT2D eigenvalue weighted by atomic mass is 79.9. The molecule has 0 fully saturated rings. The number of hydrogen-bond donors (Lipinski definition) is 1. The normalized spacial score (nSPS) is 12.8. The van der Waals surface area contributed by atoms with E-state index in [0.29, 0.717) is 11.7 Å². The number of nitrogens with two attached hydrogens (primary N) is 1. The van der Waals surface area contributed by atoms with Crippen molar-refractivity contribution < 1.29 is 0 Å². The number of hydrogen-bond acceptors (Lipinski definition) is 2. The number of alkyl halides is 1.